The zero-order chi connectivity index (χ0) is 11.4. The summed E-state index contributed by atoms with van der Waals surface area (Å²) in [5.74, 6) is 0.977. The highest BCUT2D eigenvalue weighted by atomic mass is 15.2. The van der Waals surface area contributed by atoms with E-state index in [1.165, 1.54) is 64.7 Å². The molecule has 16 heavy (non-hydrogen) atoms. The molecule has 94 valence electrons. The highest BCUT2D eigenvalue weighted by molar-refractivity contribution is 4.91. The molecule has 2 nitrogen and oxygen atoms in total. The van der Waals surface area contributed by atoms with Crippen molar-refractivity contribution in [2.24, 2.45) is 5.92 Å². The Labute approximate surface area is 101 Å². The largest absolute Gasteiger partial charge is 0.303 e. The summed E-state index contributed by atoms with van der Waals surface area (Å²) in [5.41, 5.74) is 0. The fraction of sp³-hybridized carbons (Fsp3) is 1.00. The van der Waals surface area contributed by atoms with E-state index in [1.807, 2.05) is 0 Å². The Kier molecular flexibility index (Phi) is 4.66. The molecule has 2 heteroatoms. The number of nitrogens with zero attached hydrogens (tertiary/aromatic N) is 2. The van der Waals surface area contributed by atoms with Crippen molar-refractivity contribution in [1.82, 2.24) is 9.80 Å². The molecule has 2 saturated heterocycles. The number of piperidine rings is 1. The van der Waals surface area contributed by atoms with E-state index in [0.29, 0.717) is 0 Å². The molecule has 2 unspecified atom stereocenters. The Balaban J connectivity index is 1.66. The molecule has 0 aromatic heterocycles. The Hall–Kier alpha value is -0.0800. The highest BCUT2D eigenvalue weighted by Gasteiger charge is 2.35. The van der Waals surface area contributed by atoms with Crippen LogP contribution >= 0.6 is 0 Å². The minimum absolute atomic E-state index is 0.909. The van der Waals surface area contributed by atoms with Gasteiger partial charge in [0.2, 0.25) is 0 Å². The maximum Gasteiger partial charge on any atom is 0.0145 e. The molecular formula is C14H28N2. The SMILES string of the molecule is CCCCCCN1CCC2C(CCN2C)C1. The van der Waals surface area contributed by atoms with Crippen LogP contribution in [0.1, 0.15) is 45.4 Å². The molecule has 0 spiro atoms. The molecule has 2 heterocycles. The van der Waals surface area contributed by atoms with Gasteiger partial charge in [-0.3, -0.25) is 0 Å². The predicted octanol–water partition coefficient (Wildman–Crippen LogP) is 2.59. The Morgan fingerprint density at radius 1 is 1.06 bits per heavy atom. The normalized spacial score (nSPS) is 31.9. The molecule has 0 N–H and O–H groups in total. The van der Waals surface area contributed by atoms with Gasteiger partial charge in [-0.1, -0.05) is 26.2 Å². The number of hydrogen-bond donors (Lipinski definition) is 0. The topological polar surface area (TPSA) is 6.48 Å². The lowest BCUT2D eigenvalue weighted by molar-refractivity contribution is 0.122. The van der Waals surface area contributed by atoms with E-state index < -0.39 is 0 Å². The van der Waals surface area contributed by atoms with Crippen LogP contribution in [0.5, 0.6) is 0 Å². The van der Waals surface area contributed by atoms with Gasteiger partial charge in [0.05, 0.1) is 0 Å². The Morgan fingerprint density at radius 3 is 2.75 bits per heavy atom. The van der Waals surface area contributed by atoms with Gasteiger partial charge < -0.3 is 9.80 Å². The lowest BCUT2D eigenvalue weighted by Crippen LogP contribution is -2.45. The van der Waals surface area contributed by atoms with E-state index in [0.717, 1.165) is 12.0 Å². The molecule has 0 aromatic carbocycles. The standard InChI is InChI=1S/C14H28N2/c1-3-4-5-6-9-16-11-8-14-13(12-16)7-10-15(14)2/h13-14H,3-12H2,1-2H3. The quantitative estimate of drug-likeness (QED) is 0.662. The van der Waals surface area contributed by atoms with Gasteiger partial charge in [0.25, 0.3) is 0 Å². The molecule has 0 aliphatic carbocycles. The Bertz CT molecular complexity index is 205. The smallest absolute Gasteiger partial charge is 0.0145 e. The summed E-state index contributed by atoms with van der Waals surface area (Å²) in [6.07, 6.45) is 8.47. The highest BCUT2D eigenvalue weighted by Crippen LogP contribution is 2.30. The lowest BCUT2D eigenvalue weighted by Gasteiger charge is -2.37. The molecule has 2 aliphatic heterocycles. The van der Waals surface area contributed by atoms with E-state index in [4.69, 9.17) is 0 Å². The van der Waals surface area contributed by atoms with Crippen LogP contribution in [-0.4, -0.2) is 49.1 Å². The third-order valence-electron chi connectivity index (χ3n) is 4.52. The summed E-state index contributed by atoms with van der Waals surface area (Å²) in [4.78, 5) is 5.30. The van der Waals surface area contributed by atoms with Crippen molar-refractivity contribution in [3.8, 4) is 0 Å². The number of hydrogen-bond acceptors (Lipinski definition) is 2. The van der Waals surface area contributed by atoms with Crippen molar-refractivity contribution in [1.29, 1.82) is 0 Å². The minimum Gasteiger partial charge on any atom is -0.303 e. The summed E-state index contributed by atoms with van der Waals surface area (Å²) in [7, 11) is 2.31. The van der Waals surface area contributed by atoms with Gasteiger partial charge in [-0.25, -0.2) is 0 Å². The summed E-state index contributed by atoms with van der Waals surface area (Å²) in [6, 6.07) is 0.909. The summed E-state index contributed by atoms with van der Waals surface area (Å²) < 4.78 is 0. The second kappa shape index (κ2) is 6.02. The lowest BCUT2D eigenvalue weighted by atomic mass is 9.93. The molecule has 2 rings (SSSR count). The molecule has 0 radical (unpaired) electrons. The van der Waals surface area contributed by atoms with Crippen molar-refractivity contribution < 1.29 is 0 Å². The summed E-state index contributed by atoms with van der Waals surface area (Å²) in [5, 5.41) is 0. The van der Waals surface area contributed by atoms with Crippen molar-refractivity contribution >= 4 is 0 Å². The van der Waals surface area contributed by atoms with E-state index >= 15 is 0 Å². The second-order valence-corrected chi connectivity index (χ2v) is 5.75. The van der Waals surface area contributed by atoms with Crippen LogP contribution in [-0.2, 0) is 0 Å². The van der Waals surface area contributed by atoms with Crippen molar-refractivity contribution in [3.63, 3.8) is 0 Å². The molecule has 0 amide bonds. The maximum atomic E-state index is 2.72. The van der Waals surface area contributed by atoms with Crippen molar-refractivity contribution in [2.75, 3.05) is 33.2 Å². The molecule has 2 atom stereocenters. The average Bonchev–Trinajstić information content (AvgIpc) is 2.66. The first-order valence-corrected chi connectivity index (χ1v) is 7.24. The fourth-order valence-electron chi connectivity index (χ4n) is 3.46. The first kappa shape index (κ1) is 12.4. The van der Waals surface area contributed by atoms with Crippen molar-refractivity contribution in [3.05, 3.63) is 0 Å². The molecule has 0 bridgehead atoms. The fourth-order valence-corrected chi connectivity index (χ4v) is 3.46. The van der Waals surface area contributed by atoms with Gasteiger partial charge >= 0.3 is 0 Å². The molecule has 2 aliphatic rings. The van der Waals surface area contributed by atoms with Gasteiger partial charge in [-0.2, -0.15) is 0 Å². The van der Waals surface area contributed by atoms with Gasteiger partial charge in [0.15, 0.2) is 0 Å². The summed E-state index contributed by atoms with van der Waals surface area (Å²) >= 11 is 0. The monoisotopic (exact) mass is 224 g/mol. The molecule has 2 fully saturated rings. The van der Waals surface area contributed by atoms with Gasteiger partial charge in [-0.15, -0.1) is 0 Å². The van der Waals surface area contributed by atoms with E-state index in [-0.39, 0.29) is 0 Å². The molecule has 0 saturated carbocycles. The molecular weight excluding hydrogens is 196 g/mol. The second-order valence-electron chi connectivity index (χ2n) is 5.75. The molecule has 0 aromatic rings. The first-order valence-electron chi connectivity index (χ1n) is 7.24. The van der Waals surface area contributed by atoms with E-state index in [9.17, 15) is 0 Å². The maximum absolute atomic E-state index is 2.72. The van der Waals surface area contributed by atoms with E-state index in [2.05, 4.69) is 23.8 Å². The van der Waals surface area contributed by atoms with E-state index in [1.54, 1.807) is 0 Å². The van der Waals surface area contributed by atoms with Gasteiger partial charge in [-0.05, 0) is 51.9 Å². The van der Waals surface area contributed by atoms with Crippen LogP contribution in [0.2, 0.25) is 0 Å². The summed E-state index contributed by atoms with van der Waals surface area (Å²) in [6.45, 7) is 7.70. The van der Waals surface area contributed by atoms with Crippen LogP contribution in [0.25, 0.3) is 0 Å². The zero-order valence-electron chi connectivity index (χ0n) is 11.1. The van der Waals surface area contributed by atoms with Crippen LogP contribution in [0.4, 0.5) is 0 Å². The zero-order valence-corrected chi connectivity index (χ0v) is 11.1. The van der Waals surface area contributed by atoms with Crippen molar-refractivity contribution in [2.45, 2.75) is 51.5 Å². The third-order valence-corrected chi connectivity index (χ3v) is 4.52. The van der Waals surface area contributed by atoms with Crippen LogP contribution in [0.15, 0.2) is 0 Å². The minimum atomic E-state index is 0.909. The number of likely N-dealkylation sites (tertiary alicyclic amines) is 2. The first-order chi connectivity index (χ1) is 7.81. The Morgan fingerprint density at radius 2 is 1.94 bits per heavy atom. The number of rotatable bonds is 5. The van der Waals surface area contributed by atoms with Gasteiger partial charge in [0, 0.05) is 12.6 Å². The number of fused-ring (bicyclic) bond motifs is 1. The van der Waals surface area contributed by atoms with Crippen LogP contribution < -0.4 is 0 Å². The average molecular weight is 224 g/mol. The van der Waals surface area contributed by atoms with Gasteiger partial charge in [0.1, 0.15) is 0 Å². The number of unbranched alkanes of at least 4 members (excludes halogenated alkanes) is 3. The van der Waals surface area contributed by atoms with Crippen LogP contribution in [0.3, 0.4) is 0 Å². The third kappa shape index (κ3) is 2.98. The van der Waals surface area contributed by atoms with Crippen LogP contribution in [0, 0.1) is 5.92 Å². The predicted molar refractivity (Wildman–Crippen MR) is 69.7 cm³/mol.